The van der Waals surface area contributed by atoms with Gasteiger partial charge in [0.15, 0.2) is 5.17 Å². The molecule has 1 N–H and O–H groups in total. The lowest BCUT2D eigenvalue weighted by atomic mass is 9.87. The van der Waals surface area contributed by atoms with Crippen LogP contribution >= 0.6 is 23.4 Å². The Morgan fingerprint density at radius 1 is 1.10 bits per heavy atom. The van der Waals surface area contributed by atoms with Crippen LogP contribution in [0.15, 0.2) is 82.7 Å². The van der Waals surface area contributed by atoms with Crippen LogP contribution in [0.4, 0.5) is 11.4 Å². The number of aromatic carboxylic acids is 1. The summed E-state index contributed by atoms with van der Waals surface area (Å²) in [5.74, 6) is -1.17. The molecule has 0 unspecified atom stereocenters. The van der Waals surface area contributed by atoms with E-state index in [2.05, 4.69) is 44.7 Å². The highest BCUT2D eigenvalue weighted by Crippen LogP contribution is 2.43. The number of carboxylic acids is 1. The molecule has 1 fully saturated rings. The highest BCUT2D eigenvalue weighted by atomic mass is 35.5. The molecule has 41 heavy (non-hydrogen) atoms. The summed E-state index contributed by atoms with van der Waals surface area (Å²) in [7, 11) is 0. The predicted octanol–water partition coefficient (Wildman–Crippen LogP) is 8.25. The summed E-state index contributed by atoms with van der Waals surface area (Å²) in [6.45, 7) is 9.89. The molecule has 1 amide bonds. The van der Waals surface area contributed by atoms with Crippen molar-refractivity contribution in [2.45, 2.75) is 46.2 Å². The van der Waals surface area contributed by atoms with E-state index >= 15 is 0 Å². The molecule has 2 aliphatic rings. The number of carboxylic acid groups (broad SMARTS) is 1. The number of amidine groups is 1. The van der Waals surface area contributed by atoms with Gasteiger partial charge in [0.25, 0.3) is 5.91 Å². The van der Waals surface area contributed by atoms with Crippen LogP contribution in [0.2, 0.25) is 5.02 Å². The van der Waals surface area contributed by atoms with Crippen molar-refractivity contribution < 1.29 is 14.7 Å². The minimum atomic E-state index is -0.991. The number of fused-ring (bicyclic) bond motifs is 1. The minimum Gasteiger partial charge on any atom is -0.478 e. The van der Waals surface area contributed by atoms with Crippen molar-refractivity contribution in [3.63, 3.8) is 0 Å². The lowest BCUT2D eigenvalue weighted by Crippen LogP contribution is -2.45. The molecule has 0 bridgehead atoms. The van der Waals surface area contributed by atoms with Crippen LogP contribution in [0.25, 0.3) is 11.6 Å². The Labute approximate surface area is 250 Å². The molecule has 0 spiro atoms. The van der Waals surface area contributed by atoms with E-state index in [1.165, 1.54) is 17.3 Å². The molecule has 2 aliphatic heterocycles. The van der Waals surface area contributed by atoms with Crippen molar-refractivity contribution in [3.05, 3.63) is 105 Å². The molecule has 2 heterocycles. The Morgan fingerprint density at radius 2 is 1.80 bits per heavy atom. The van der Waals surface area contributed by atoms with Crippen LogP contribution in [0.3, 0.4) is 0 Å². The van der Waals surface area contributed by atoms with Crippen molar-refractivity contribution in [2.24, 2.45) is 4.99 Å². The fourth-order valence-corrected chi connectivity index (χ4v) is 6.48. The van der Waals surface area contributed by atoms with Crippen LogP contribution in [-0.2, 0) is 11.3 Å². The average molecular weight is 586 g/mol. The van der Waals surface area contributed by atoms with Gasteiger partial charge in [0, 0.05) is 22.8 Å². The topological polar surface area (TPSA) is 73.2 Å². The van der Waals surface area contributed by atoms with Gasteiger partial charge in [-0.2, -0.15) is 0 Å². The zero-order valence-electron chi connectivity index (χ0n) is 23.5. The maximum atomic E-state index is 13.8. The number of amides is 1. The summed E-state index contributed by atoms with van der Waals surface area (Å²) >= 11 is 8.17. The summed E-state index contributed by atoms with van der Waals surface area (Å²) < 4.78 is 0. The average Bonchev–Trinajstić information content (AvgIpc) is 3.21. The lowest BCUT2D eigenvalue weighted by molar-refractivity contribution is -0.122. The molecule has 210 valence electrons. The number of hydrogen-bond acceptors (Lipinski definition) is 5. The van der Waals surface area contributed by atoms with E-state index in [-0.39, 0.29) is 23.6 Å². The van der Waals surface area contributed by atoms with E-state index in [4.69, 9.17) is 16.6 Å². The van der Waals surface area contributed by atoms with Crippen LogP contribution in [0.5, 0.6) is 0 Å². The van der Waals surface area contributed by atoms with Gasteiger partial charge in [-0.1, -0.05) is 54.9 Å². The standard InChI is InChI=1S/C33H32ClN3O3S/c1-5-15-37-28-18-27(34)24(16-26(28)21(2)19-33(37,3)4)17-29-30(38)36(20-22-11-13-23(14-12-22)31(39)40)32(41-29)35-25-9-7-6-8-10-25/h6-14,16-19H,5,15,20H2,1-4H3,(H,39,40)/b29-17+,35-32?. The van der Waals surface area contributed by atoms with Crippen molar-refractivity contribution >= 4 is 63.4 Å². The predicted molar refractivity (Wildman–Crippen MR) is 170 cm³/mol. The third-order valence-corrected chi connectivity index (χ3v) is 8.57. The van der Waals surface area contributed by atoms with Gasteiger partial charge in [-0.3, -0.25) is 9.69 Å². The Balaban J connectivity index is 1.53. The normalized spacial score (nSPS) is 18.2. The number of nitrogens with zero attached hydrogens (tertiary/aromatic N) is 3. The molecule has 3 aromatic carbocycles. The first-order valence-electron chi connectivity index (χ1n) is 13.6. The Hall–Kier alpha value is -3.81. The number of allylic oxidation sites excluding steroid dienone is 1. The number of halogens is 1. The van der Waals surface area contributed by atoms with Crippen molar-refractivity contribution in [1.82, 2.24) is 4.90 Å². The first kappa shape index (κ1) is 28.7. The fourth-order valence-electron chi connectivity index (χ4n) is 5.28. The second-order valence-electron chi connectivity index (χ2n) is 10.8. The SMILES string of the molecule is CCCN1c2cc(Cl)c(/C=C3/SC(=Nc4ccccc4)N(Cc4ccc(C(=O)O)cc4)C3=O)cc2C(C)=CC1(C)C. The molecule has 3 aromatic rings. The third kappa shape index (κ3) is 5.97. The van der Waals surface area contributed by atoms with Crippen molar-refractivity contribution in [2.75, 3.05) is 11.4 Å². The molecule has 0 radical (unpaired) electrons. The Morgan fingerprint density at radius 3 is 2.46 bits per heavy atom. The van der Waals surface area contributed by atoms with E-state index in [0.717, 1.165) is 41.0 Å². The number of hydrogen-bond donors (Lipinski definition) is 1. The van der Waals surface area contributed by atoms with E-state index < -0.39 is 5.97 Å². The summed E-state index contributed by atoms with van der Waals surface area (Å²) in [6.07, 6.45) is 5.15. The van der Waals surface area contributed by atoms with Gasteiger partial charge in [0.05, 0.1) is 28.2 Å². The quantitative estimate of drug-likeness (QED) is 0.283. The van der Waals surface area contributed by atoms with Crippen LogP contribution < -0.4 is 4.90 Å². The Kier molecular flexibility index (Phi) is 8.11. The number of aliphatic imine (C=N–C) groups is 1. The van der Waals surface area contributed by atoms with Crippen LogP contribution in [-0.4, -0.2) is 39.1 Å². The lowest BCUT2D eigenvalue weighted by Gasteiger charge is -2.43. The second-order valence-corrected chi connectivity index (χ2v) is 12.2. The number of rotatable bonds is 7. The molecule has 6 nitrogen and oxygen atoms in total. The van der Waals surface area contributed by atoms with Gasteiger partial charge in [0.2, 0.25) is 0 Å². The number of para-hydroxylation sites is 1. The molecule has 8 heteroatoms. The van der Waals surface area contributed by atoms with E-state index in [0.29, 0.717) is 15.1 Å². The number of carbonyl (C=O) groups is 2. The fraction of sp³-hybridized carbons (Fsp3) is 0.242. The van der Waals surface area contributed by atoms with Gasteiger partial charge < -0.3 is 10.0 Å². The van der Waals surface area contributed by atoms with Crippen molar-refractivity contribution in [3.8, 4) is 0 Å². The zero-order valence-corrected chi connectivity index (χ0v) is 25.1. The molecule has 1 saturated heterocycles. The third-order valence-electron chi connectivity index (χ3n) is 7.24. The van der Waals surface area contributed by atoms with E-state index in [1.807, 2.05) is 42.5 Å². The monoisotopic (exact) mass is 585 g/mol. The maximum absolute atomic E-state index is 13.8. The summed E-state index contributed by atoms with van der Waals surface area (Å²) in [5.41, 5.74) is 5.78. The number of thioether (sulfide) groups is 1. The summed E-state index contributed by atoms with van der Waals surface area (Å²) in [6, 6.07) is 20.1. The molecule has 0 aliphatic carbocycles. The summed E-state index contributed by atoms with van der Waals surface area (Å²) in [4.78, 5) is 34.4. The molecular formula is C33H32ClN3O3S. The van der Waals surface area contributed by atoms with Gasteiger partial charge >= 0.3 is 5.97 Å². The van der Waals surface area contributed by atoms with Gasteiger partial charge in [-0.15, -0.1) is 0 Å². The Bertz CT molecular complexity index is 1590. The smallest absolute Gasteiger partial charge is 0.335 e. The van der Waals surface area contributed by atoms with E-state index in [1.54, 1.807) is 29.2 Å². The first-order chi connectivity index (χ1) is 19.6. The molecule has 0 aromatic heterocycles. The van der Waals surface area contributed by atoms with Crippen molar-refractivity contribution in [1.29, 1.82) is 0 Å². The molecular weight excluding hydrogens is 554 g/mol. The number of carbonyl (C=O) groups excluding carboxylic acids is 1. The van der Waals surface area contributed by atoms with E-state index in [9.17, 15) is 14.7 Å². The second kappa shape index (κ2) is 11.6. The number of benzene rings is 3. The van der Waals surface area contributed by atoms with Crippen LogP contribution in [0.1, 0.15) is 61.2 Å². The largest absolute Gasteiger partial charge is 0.478 e. The number of anilines is 1. The minimum absolute atomic E-state index is 0.125. The molecule has 0 atom stereocenters. The van der Waals surface area contributed by atoms with Gasteiger partial charge in [-0.05, 0) is 98.1 Å². The zero-order chi connectivity index (χ0) is 29.3. The summed E-state index contributed by atoms with van der Waals surface area (Å²) in [5, 5.41) is 10.4. The molecule has 5 rings (SSSR count). The molecule has 0 saturated carbocycles. The van der Waals surface area contributed by atoms with Crippen LogP contribution in [0, 0.1) is 0 Å². The van der Waals surface area contributed by atoms with Gasteiger partial charge in [0.1, 0.15) is 0 Å². The highest BCUT2D eigenvalue weighted by molar-refractivity contribution is 8.18. The van der Waals surface area contributed by atoms with Gasteiger partial charge in [-0.25, -0.2) is 9.79 Å². The maximum Gasteiger partial charge on any atom is 0.335 e. The highest BCUT2D eigenvalue weighted by Gasteiger charge is 2.35. The first-order valence-corrected chi connectivity index (χ1v) is 14.7.